The molecule has 0 atom stereocenters. The molecule has 2 aromatic rings. The molecule has 3 rings (SSSR count). The van der Waals surface area contributed by atoms with Gasteiger partial charge in [0, 0.05) is 11.6 Å². The zero-order valence-corrected chi connectivity index (χ0v) is 14.9. The molecule has 1 aromatic carbocycles. The van der Waals surface area contributed by atoms with E-state index in [-0.39, 0.29) is 10.3 Å². The molecule has 0 unspecified atom stereocenters. The predicted molar refractivity (Wildman–Crippen MR) is 94.9 cm³/mol. The van der Waals surface area contributed by atoms with Gasteiger partial charge in [-0.2, -0.15) is 0 Å². The molecule has 24 heavy (non-hydrogen) atoms. The van der Waals surface area contributed by atoms with Gasteiger partial charge in [0.1, 0.15) is 5.82 Å². The summed E-state index contributed by atoms with van der Waals surface area (Å²) in [5.74, 6) is 0.525. The highest BCUT2D eigenvalue weighted by molar-refractivity contribution is 7.92. The summed E-state index contributed by atoms with van der Waals surface area (Å²) in [5.41, 5.74) is 0.944. The Bertz CT molecular complexity index is 788. The van der Waals surface area contributed by atoms with Crippen molar-refractivity contribution in [3.05, 3.63) is 47.0 Å². The summed E-state index contributed by atoms with van der Waals surface area (Å²) < 4.78 is 25.2. The maximum Gasteiger partial charge on any atom is 0.200 e. The highest BCUT2D eigenvalue weighted by atomic mass is 35.5. The van der Waals surface area contributed by atoms with E-state index in [9.17, 15) is 8.42 Å². The molecule has 1 heterocycles. The van der Waals surface area contributed by atoms with E-state index in [0.29, 0.717) is 17.4 Å². The van der Waals surface area contributed by atoms with E-state index < -0.39 is 9.84 Å². The zero-order chi connectivity index (χ0) is 17.0. The largest absolute Gasteiger partial charge is 0.364 e. The van der Waals surface area contributed by atoms with Crippen LogP contribution in [0.1, 0.15) is 37.7 Å². The average Bonchev–Trinajstić information content (AvgIpc) is 2.62. The van der Waals surface area contributed by atoms with Crippen LogP contribution >= 0.6 is 11.6 Å². The van der Waals surface area contributed by atoms with Crippen LogP contribution in [0.15, 0.2) is 41.4 Å². The maximum atomic E-state index is 12.6. The molecular weight excluding hydrogens is 346 g/mol. The van der Waals surface area contributed by atoms with Crippen molar-refractivity contribution in [2.45, 2.75) is 48.9 Å². The second kappa shape index (κ2) is 7.49. The summed E-state index contributed by atoms with van der Waals surface area (Å²) in [6, 6.07) is 10.7. The van der Waals surface area contributed by atoms with Crippen molar-refractivity contribution < 1.29 is 8.42 Å². The average molecular weight is 366 g/mol. The Kier molecular flexibility index (Phi) is 5.36. The summed E-state index contributed by atoms with van der Waals surface area (Å²) >= 11 is 6.11. The molecule has 0 saturated heterocycles. The number of aromatic nitrogens is 2. The first-order chi connectivity index (χ1) is 11.6. The van der Waals surface area contributed by atoms with Gasteiger partial charge in [0.15, 0.2) is 14.9 Å². The second-order valence-corrected chi connectivity index (χ2v) is 8.59. The fourth-order valence-electron chi connectivity index (χ4n) is 2.94. The molecular formula is C17H20ClN3O2S. The van der Waals surface area contributed by atoms with E-state index in [0.717, 1.165) is 37.7 Å². The molecule has 0 aliphatic heterocycles. The number of nitrogens with zero attached hydrogens (tertiary/aromatic N) is 2. The number of hydrogen-bond acceptors (Lipinski definition) is 5. The molecule has 1 aromatic heterocycles. The highest BCUT2D eigenvalue weighted by Gasteiger charge is 2.30. The Morgan fingerprint density at radius 3 is 2.46 bits per heavy atom. The van der Waals surface area contributed by atoms with Crippen LogP contribution in [-0.4, -0.2) is 23.9 Å². The summed E-state index contributed by atoms with van der Waals surface area (Å²) in [4.78, 5) is 0. The van der Waals surface area contributed by atoms with Gasteiger partial charge in [0.25, 0.3) is 0 Å². The smallest absolute Gasteiger partial charge is 0.200 e. The van der Waals surface area contributed by atoms with Gasteiger partial charge in [0.2, 0.25) is 0 Å². The summed E-state index contributed by atoms with van der Waals surface area (Å²) in [6.45, 7) is 0.503. The van der Waals surface area contributed by atoms with Crippen molar-refractivity contribution in [2.24, 2.45) is 0 Å². The van der Waals surface area contributed by atoms with Crippen molar-refractivity contribution in [1.29, 1.82) is 0 Å². The Morgan fingerprint density at radius 1 is 1.04 bits per heavy atom. The van der Waals surface area contributed by atoms with E-state index >= 15 is 0 Å². The van der Waals surface area contributed by atoms with Gasteiger partial charge in [0.05, 0.1) is 5.25 Å². The van der Waals surface area contributed by atoms with Gasteiger partial charge in [-0.05, 0) is 36.6 Å². The van der Waals surface area contributed by atoms with Gasteiger partial charge in [-0.15, -0.1) is 10.2 Å². The van der Waals surface area contributed by atoms with E-state index in [1.165, 1.54) is 6.07 Å². The quantitative estimate of drug-likeness (QED) is 0.871. The van der Waals surface area contributed by atoms with Crippen molar-refractivity contribution in [1.82, 2.24) is 10.2 Å². The van der Waals surface area contributed by atoms with Crippen LogP contribution in [0.5, 0.6) is 0 Å². The van der Waals surface area contributed by atoms with Crippen LogP contribution in [0.4, 0.5) is 5.82 Å². The molecule has 0 amide bonds. The Balaban J connectivity index is 1.68. The monoisotopic (exact) mass is 365 g/mol. The molecule has 1 fully saturated rings. The Hall–Kier alpha value is -1.66. The second-order valence-electron chi connectivity index (χ2n) is 6.01. The van der Waals surface area contributed by atoms with E-state index in [4.69, 9.17) is 11.6 Å². The maximum absolute atomic E-state index is 12.6. The zero-order valence-electron chi connectivity index (χ0n) is 13.3. The number of rotatable bonds is 5. The molecule has 0 spiro atoms. The summed E-state index contributed by atoms with van der Waals surface area (Å²) in [7, 11) is -3.38. The van der Waals surface area contributed by atoms with E-state index in [2.05, 4.69) is 15.5 Å². The van der Waals surface area contributed by atoms with Crippen molar-refractivity contribution in [3.63, 3.8) is 0 Å². The number of benzene rings is 1. The molecule has 5 nitrogen and oxygen atoms in total. The fraction of sp³-hybridized carbons (Fsp3) is 0.412. The molecule has 0 bridgehead atoms. The Morgan fingerprint density at radius 2 is 1.79 bits per heavy atom. The minimum Gasteiger partial charge on any atom is -0.364 e. The third kappa shape index (κ3) is 3.87. The van der Waals surface area contributed by atoms with Crippen LogP contribution in [0.2, 0.25) is 5.02 Å². The number of sulfone groups is 1. The third-order valence-electron chi connectivity index (χ3n) is 4.34. The standard InChI is InChI=1S/C17H20ClN3O2S/c18-15-9-5-4-6-13(15)12-19-16-10-11-17(21-20-16)24(22,23)14-7-2-1-3-8-14/h4-6,9-11,14H,1-3,7-8,12H2,(H,19,20). The van der Waals surface area contributed by atoms with Gasteiger partial charge in [-0.25, -0.2) is 8.42 Å². The molecule has 128 valence electrons. The topological polar surface area (TPSA) is 72.0 Å². The van der Waals surface area contributed by atoms with Crippen LogP contribution in [0.3, 0.4) is 0 Å². The highest BCUT2D eigenvalue weighted by Crippen LogP contribution is 2.27. The van der Waals surface area contributed by atoms with E-state index in [1.54, 1.807) is 6.07 Å². The normalized spacial score (nSPS) is 16.0. The third-order valence-corrected chi connectivity index (χ3v) is 6.86. The number of hydrogen-bond donors (Lipinski definition) is 1. The van der Waals surface area contributed by atoms with Gasteiger partial charge in [-0.3, -0.25) is 0 Å². The lowest BCUT2D eigenvalue weighted by Crippen LogP contribution is -2.25. The minimum absolute atomic E-state index is 0.0673. The first-order valence-electron chi connectivity index (χ1n) is 8.12. The lowest BCUT2D eigenvalue weighted by molar-refractivity contribution is 0.481. The number of anilines is 1. The molecule has 1 saturated carbocycles. The molecule has 1 N–H and O–H groups in total. The van der Waals surface area contributed by atoms with Gasteiger partial charge in [-0.1, -0.05) is 49.1 Å². The van der Waals surface area contributed by atoms with Crippen LogP contribution in [0, 0.1) is 0 Å². The summed E-state index contributed by atoms with van der Waals surface area (Å²) in [5, 5.41) is 11.5. The first kappa shape index (κ1) is 17.2. The lowest BCUT2D eigenvalue weighted by atomic mass is 10.0. The van der Waals surface area contributed by atoms with E-state index in [1.807, 2.05) is 24.3 Å². The predicted octanol–water partition coefficient (Wildman–Crippen LogP) is 3.85. The lowest BCUT2D eigenvalue weighted by Gasteiger charge is -2.20. The molecule has 0 radical (unpaired) electrons. The van der Waals surface area contributed by atoms with Crippen molar-refractivity contribution in [2.75, 3.05) is 5.32 Å². The summed E-state index contributed by atoms with van der Waals surface area (Å²) in [6.07, 6.45) is 4.49. The SMILES string of the molecule is O=S(=O)(c1ccc(NCc2ccccc2Cl)nn1)C1CCCCC1. The van der Waals surface area contributed by atoms with Crippen LogP contribution in [0.25, 0.3) is 0 Å². The van der Waals surface area contributed by atoms with Gasteiger partial charge >= 0.3 is 0 Å². The van der Waals surface area contributed by atoms with Crippen molar-refractivity contribution in [3.8, 4) is 0 Å². The minimum atomic E-state index is -3.38. The fourth-order valence-corrected chi connectivity index (χ4v) is 4.85. The number of halogens is 1. The first-order valence-corrected chi connectivity index (χ1v) is 10.0. The van der Waals surface area contributed by atoms with Crippen molar-refractivity contribution >= 4 is 27.3 Å². The van der Waals surface area contributed by atoms with Gasteiger partial charge < -0.3 is 5.32 Å². The number of nitrogens with one attached hydrogen (secondary N) is 1. The molecule has 1 aliphatic rings. The molecule has 1 aliphatic carbocycles. The van der Waals surface area contributed by atoms with Crippen LogP contribution < -0.4 is 5.32 Å². The Labute approximate surface area is 147 Å². The molecule has 7 heteroatoms. The van der Waals surface area contributed by atoms with Crippen LogP contribution in [-0.2, 0) is 16.4 Å².